The van der Waals surface area contributed by atoms with E-state index < -0.39 is 0 Å². The summed E-state index contributed by atoms with van der Waals surface area (Å²) in [7, 11) is 0. The lowest BCUT2D eigenvalue weighted by Gasteiger charge is -2.18. The number of ketones is 1. The number of aromatic amines is 1. The molecule has 3 rings (SSSR count). The smallest absolute Gasteiger partial charge is 0.209 e. The van der Waals surface area contributed by atoms with Crippen LogP contribution in [-0.4, -0.2) is 24.0 Å². The number of benzene rings is 1. The van der Waals surface area contributed by atoms with Crippen LogP contribution in [0.1, 0.15) is 16.1 Å². The molecule has 0 radical (unpaired) electrons. The Morgan fingerprint density at radius 2 is 1.94 bits per heavy atom. The van der Waals surface area contributed by atoms with Crippen LogP contribution >= 0.6 is 0 Å². The van der Waals surface area contributed by atoms with E-state index >= 15 is 0 Å². The average molecular weight is 229 g/mol. The first-order valence-electron chi connectivity index (χ1n) is 5.42. The third-order valence-corrected chi connectivity index (χ3v) is 2.65. The lowest BCUT2D eigenvalue weighted by molar-refractivity contribution is 0.103. The molecule has 1 N–H and O–H groups in total. The van der Waals surface area contributed by atoms with Crippen LogP contribution in [-0.2, 0) is 0 Å². The molecule has 0 atom stereocenters. The van der Waals surface area contributed by atoms with Gasteiger partial charge < -0.3 is 14.5 Å². The Morgan fingerprint density at radius 3 is 2.71 bits per heavy atom. The van der Waals surface area contributed by atoms with Crippen molar-refractivity contribution in [3.8, 4) is 11.5 Å². The molecule has 0 saturated carbocycles. The number of ether oxygens (including phenoxy) is 2. The number of hydrogen-bond donors (Lipinski definition) is 1. The summed E-state index contributed by atoms with van der Waals surface area (Å²) in [5.74, 6) is 1.28. The highest BCUT2D eigenvalue weighted by molar-refractivity contribution is 6.08. The van der Waals surface area contributed by atoms with Gasteiger partial charge in [0.1, 0.15) is 13.2 Å². The number of rotatable bonds is 2. The molecule has 1 aromatic heterocycles. The zero-order chi connectivity index (χ0) is 11.7. The van der Waals surface area contributed by atoms with Crippen molar-refractivity contribution in [2.24, 2.45) is 0 Å². The maximum atomic E-state index is 12.1. The number of carbonyl (C=O) groups is 1. The minimum absolute atomic E-state index is 0.0491. The number of carbonyl (C=O) groups excluding carboxylic acids is 1. The van der Waals surface area contributed by atoms with Gasteiger partial charge in [-0.1, -0.05) is 0 Å². The number of fused-ring (bicyclic) bond motifs is 1. The van der Waals surface area contributed by atoms with Gasteiger partial charge in [0, 0.05) is 11.8 Å². The molecular weight excluding hydrogens is 218 g/mol. The van der Waals surface area contributed by atoms with E-state index in [0.29, 0.717) is 36.0 Å². The van der Waals surface area contributed by atoms with Crippen molar-refractivity contribution in [1.29, 1.82) is 0 Å². The van der Waals surface area contributed by atoms with E-state index in [0.717, 1.165) is 0 Å². The molecule has 0 bridgehead atoms. The second-order valence-corrected chi connectivity index (χ2v) is 3.77. The summed E-state index contributed by atoms with van der Waals surface area (Å²) in [6.07, 6.45) is 1.73. The molecule has 2 aromatic rings. The van der Waals surface area contributed by atoms with E-state index in [1.54, 1.807) is 36.5 Å². The fourth-order valence-electron chi connectivity index (χ4n) is 1.81. The van der Waals surface area contributed by atoms with Crippen molar-refractivity contribution >= 4 is 5.78 Å². The number of nitrogens with one attached hydrogen (secondary N) is 1. The molecule has 1 aliphatic rings. The molecule has 0 saturated heterocycles. The first-order valence-corrected chi connectivity index (χ1v) is 5.42. The van der Waals surface area contributed by atoms with Crippen molar-refractivity contribution in [1.82, 2.24) is 4.98 Å². The first-order chi connectivity index (χ1) is 8.34. The highest BCUT2D eigenvalue weighted by Crippen LogP contribution is 2.31. The minimum Gasteiger partial charge on any atom is -0.486 e. The van der Waals surface area contributed by atoms with E-state index in [-0.39, 0.29) is 5.78 Å². The van der Waals surface area contributed by atoms with Gasteiger partial charge >= 0.3 is 0 Å². The fourth-order valence-corrected chi connectivity index (χ4v) is 1.81. The normalized spacial score (nSPS) is 13.4. The molecular formula is C13H11NO3. The van der Waals surface area contributed by atoms with Crippen LogP contribution in [0.15, 0.2) is 36.5 Å². The van der Waals surface area contributed by atoms with Crippen LogP contribution < -0.4 is 9.47 Å². The minimum atomic E-state index is -0.0491. The zero-order valence-corrected chi connectivity index (χ0v) is 9.10. The molecule has 1 aromatic carbocycles. The van der Waals surface area contributed by atoms with Crippen LogP contribution in [0.5, 0.6) is 11.5 Å². The van der Waals surface area contributed by atoms with Crippen molar-refractivity contribution in [2.75, 3.05) is 13.2 Å². The third kappa shape index (κ3) is 1.78. The van der Waals surface area contributed by atoms with Gasteiger partial charge in [0.2, 0.25) is 5.78 Å². The van der Waals surface area contributed by atoms with E-state index in [1.165, 1.54) is 0 Å². The Morgan fingerprint density at radius 1 is 1.12 bits per heavy atom. The Bertz CT molecular complexity index is 546. The van der Waals surface area contributed by atoms with Gasteiger partial charge in [-0.3, -0.25) is 4.79 Å². The summed E-state index contributed by atoms with van der Waals surface area (Å²) in [6, 6.07) is 8.78. The van der Waals surface area contributed by atoms with Crippen molar-refractivity contribution in [3.63, 3.8) is 0 Å². The monoisotopic (exact) mass is 229 g/mol. The fraction of sp³-hybridized carbons (Fsp3) is 0.154. The predicted octanol–water partition coefficient (Wildman–Crippen LogP) is 2.02. The highest BCUT2D eigenvalue weighted by Gasteiger charge is 2.16. The molecule has 0 amide bonds. The lowest BCUT2D eigenvalue weighted by Crippen LogP contribution is -2.15. The van der Waals surface area contributed by atoms with Gasteiger partial charge in [-0.05, 0) is 30.3 Å². The maximum Gasteiger partial charge on any atom is 0.209 e. The second kappa shape index (κ2) is 3.97. The third-order valence-electron chi connectivity index (χ3n) is 2.65. The van der Waals surface area contributed by atoms with Gasteiger partial charge in [0.15, 0.2) is 11.5 Å². The summed E-state index contributed by atoms with van der Waals surface area (Å²) in [5.41, 5.74) is 1.17. The quantitative estimate of drug-likeness (QED) is 0.801. The Kier molecular flexibility index (Phi) is 2.33. The molecule has 1 aliphatic heterocycles. The van der Waals surface area contributed by atoms with E-state index in [1.807, 2.05) is 0 Å². The molecule has 0 fully saturated rings. The number of H-pyrrole nitrogens is 1. The molecule has 0 unspecified atom stereocenters. The van der Waals surface area contributed by atoms with Crippen LogP contribution in [0.25, 0.3) is 0 Å². The standard InChI is InChI=1S/C13H11NO3/c15-13(10-2-1-5-14-10)9-3-4-11-12(8-9)17-7-6-16-11/h1-5,8,14H,6-7H2. The summed E-state index contributed by atoms with van der Waals surface area (Å²) in [5, 5.41) is 0. The van der Waals surface area contributed by atoms with Crippen LogP contribution in [0.3, 0.4) is 0 Å². The predicted molar refractivity (Wildman–Crippen MR) is 61.7 cm³/mol. The van der Waals surface area contributed by atoms with Gasteiger partial charge in [-0.25, -0.2) is 0 Å². The molecule has 86 valence electrons. The van der Waals surface area contributed by atoms with Gasteiger partial charge in [0.25, 0.3) is 0 Å². The summed E-state index contributed by atoms with van der Waals surface area (Å²) in [6.45, 7) is 1.07. The SMILES string of the molecule is O=C(c1ccc2c(c1)OCCO2)c1ccc[nH]1. The van der Waals surface area contributed by atoms with Gasteiger partial charge in [0.05, 0.1) is 5.69 Å². The first kappa shape index (κ1) is 9.96. The number of hydrogen-bond acceptors (Lipinski definition) is 3. The Hall–Kier alpha value is -2.23. The number of aromatic nitrogens is 1. The molecule has 4 nitrogen and oxygen atoms in total. The summed E-state index contributed by atoms with van der Waals surface area (Å²) < 4.78 is 10.8. The zero-order valence-electron chi connectivity index (χ0n) is 9.10. The van der Waals surface area contributed by atoms with Crippen molar-refractivity contribution in [3.05, 3.63) is 47.8 Å². The molecule has 2 heterocycles. The van der Waals surface area contributed by atoms with Gasteiger partial charge in [-0.2, -0.15) is 0 Å². The van der Waals surface area contributed by atoms with Crippen molar-refractivity contribution < 1.29 is 14.3 Å². The summed E-state index contributed by atoms with van der Waals surface area (Å²) in [4.78, 5) is 15.0. The molecule has 0 aliphatic carbocycles. The largest absolute Gasteiger partial charge is 0.486 e. The molecule has 17 heavy (non-hydrogen) atoms. The molecule has 4 heteroatoms. The van der Waals surface area contributed by atoms with Crippen LogP contribution in [0, 0.1) is 0 Å². The van der Waals surface area contributed by atoms with Crippen LogP contribution in [0.4, 0.5) is 0 Å². The van der Waals surface area contributed by atoms with E-state index in [9.17, 15) is 4.79 Å². The van der Waals surface area contributed by atoms with E-state index in [2.05, 4.69) is 4.98 Å². The summed E-state index contributed by atoms with van der Waals surface area (Å²) >= 11 is 0. The lowest BCUT2D eigenvalue weighted by atomic mass is 10.1. The van der Waals surface area contributed by atoms with E-state index in [4.69, 9.17) is 9.47 Å². The second-order valence-electron chi connectivity index (χ2n) is 3.77. The maximum absolute atomic E-state index is 12.1. The van der Waals surface area contributed by atoms with Crippen molar-refractivity contribution in [2.45, 2.75) is 0 Å². The van der Waals surface area contributed by atoms with Crippen LogP contribution in [0.2, 0.25) is 0 Å². The highest BCUT2D eigenvalue weighted by atomic mass is 16.6. The topological polar surface area (TPSA) is 51.3 Å². The average Bonchev–Trinajstić information content (AvgIpc) is 2.91. The Labute approximate surface area is 98.2 Å². The Balaban J connectivity index is 1.96. The van der Waals surface area contributed by atoms with Gasteiger partial charge in [-0.15, -0.1) is 0 Å². The molecule has 0 spiro atoms.